The number of halogens is 4. The van der Waals surface area contributed by atoms with E-state index in [0.29, 0.717) is 25.0 Å². The van der Waals surface area contributed by atoms with Crippen LogP contribution in [-0.2, 0) is 21.2 Å². The van der Waals surface area contributed by atoms with Crippen molar-refractivity contribution in [1.29, 1.82) is 0 Å². The van der Waals surface area contributed by atoms with Gasteiger partial charge in [-0.2, -0.15) is 13.2 Å². The molecule has 0 aromatic heterocycles. The van der Waals surface area contributed by atoms with E-state index < -0.39 is 23.2 Å². The molecule has 1 fully saturated rings. The van der Waals surface area contributed by atoms with Crippen molar-refractivity contribution < 1.29 is 27.5 Å². The fourth-order valence-corrected chi connectivity index (χ4v) is 5.03. The first-order valence-corrected chi connectivity index (χ1v) is 11.8. The van der Waals surface area contributed by atoms with Crippen molar-refractivity contribution in [3.63, 3.8) is 0 Å². The Hall–Kier alpha value is -3.11. The van der Waals surface area contributed by atoms with Crippen molar-refractivity contribution in [1.82, 2.24) is 4.90 Å². The zero-order valence-electron chi connectivity index (χ0n) is 19.7. The standard InChI is InChI=1S/C25H26ClF3N4O3/c1-14-12-17(10-11-36-14)33-20(34)13-24(2,32-23(33)30)18-4-3-5-19(21(18)26)31-22(35)15-6-8-16(9-7-15)25(27,28)29/h3-9,14,17H,10-13H2,1-2H3,(H2,30,32)(H,31,35)/t14-,17-,24+/m1/s1. The van der Waals surface area contributed by atoms with Crippen molar-refractivity contribution >= 4 is 35.1 Å². The minimum Gasteiger partial charge on any atom is -0.378 e. The largest absolute Gasteiger partial charge is 0.416 e. The lowest BCUT2D eigenvalue weighted by Crippen LogP contribution is -2.56. The number of nitrogens with two attached hydrogens (primary N) is 1. The molecular formula is C25H26ClF3N4O3. The normalized spacial score (nSPS) is 24.9. The number of hydrogen-bond acceptors (Lipinski definition) is 5. The lowest BCUT2D eigenvalue weighted by Gasteiger charge is -2.41. The van der Waals surface area contributed by atoms with Gasteiger partial charge in [0.1, 0.15) is 0 Å². The Morgan fingerprint density at radius 2 is 1.94 bits per heavy atom. The van der Waals surface area contributed by atoms with Crippen LogP contribution in [0.15, 0.2) is 47.5 Å². The monoisotopic (exact) mass is 522 g/mol. The van der Waals surface area contributed by atoms with Crippen LogP contribution in [0, 0.1) is 0 Å². The van der Waals surface area contributed by atoms with Gasteiger partial charge in [0, 0.05) is 23.8 Å². The fourth-order valence-electron chi connectivity index (χ4n) is 4.66. The zero-order chi connectivity index (χ0) is 26.3. The summed E-state index contributed by atoms with van der Waals surface area (Å²) in [4.78, 5) is 32.0. The first-order valence-electron chi connectivity index (χ1n) is 11.5. The predicted molar refractivity (Wildman–Crippen MR) is 130 cm³/mol. The molecule has 0 spiro atoms. The second-order valence-corrected chi connectivity index (χ2v) is 9.62. The van der Waals surface area contributed by atoms with E-state index in [-0.39, 0.29) is 46.7 Å². The van der Waals surface area contributed by atoms with E-state index in [4.69, 9.17) is 22.1 Å². The van der Waals surface area contributed by atoms with Crippen molar-refractivity contribution in [2.24, 2.45) is 10.7 Å². The molecule has 7 nitrogen and oxygen atoms in total. The SMILES string of the molecule is C[C@@H]1C[C@H](N2C(=O)C[C@@](C)(c3cccc(NC(=O)c4ccc(C(F)(F)F)cc4)c3Cl)N=C2N)CCO1. The Bertz CT molecular complexity index is 1200. The molecule has 2 amide bonds. The van der Waals surface area contributed by atoms with Crippen LogP contribution >= 0.6 is 11.6 Å². The van der Waals surface area contributed by atoms with E-state index in [1.165, 1.54) is 4.90 Å². The molecule has 0 aliphatic carbocycles. The third-order valence-electron chi connectivity index (χ3n) is 6.50. The lowest BCUT2D eigenvalue weighted by molar-refractivity contribution is -0.137. The molecule has 192 valence electrons. The van der Waals surface area contributed by atoms with Gasteiger partial charge >= 0.3 is 6.18 Å². The van der Waals surface area contributed by atoms with E-state index >= 15 is 0 Å². The summed E-state index contributed by atoms with van der Waals surface area (Å²) < 4.78 is 44.0. The minimum absolute atomic E-state index is 0.0112. The summed E-state index contributed by atoms with van der Waals surface area (Å²) in [5.74, 6) is -0.710. The van der Waals surface area contributed by atoms with Gasteiger partial charge in [0.2, 0.25) is 5.91 Å². The smallest absolute Gasteiger partial charge is 0.378 e. The van der Waals surface area contributed by atoms with Gasteiger partial charge in [0.25, 0.3) is 5.91 Å². The van der Waals surface area contributed by atoms with E-state index in [9.17, 15) is 22.8 Å². The summed E-state index contributed by atoms with van der Waals surface area (Å²) in [5, 5.41) is 2.79. The maximum absolute atomic E-state index is 13.2. The van der Waals surface area contributed by atoms with Crippen LogP contribution in [0.5, 0.6) is 0 Å². The Morgan fingerprint density at radius 3 is 2.56 bits per heavy atom. The van der Waals surface area contributed by atoms with Crippen molar-refractivity contribution in [3.05, 3.63) is 64.2 Å². The number of alkyl halides is 3. The Morgan fingerprint density at radius 1 is 1.25 bits per heavy atom. The number of anilines is 1. The van der Waals surface area contributed by atoms with E-state index in [1.807, 2.05) is 6.92 Å². The molecule has 2 aliphatic rings. The summed E-state index contributed by atoms with van der Waals surface area (Å²) in [6, 6.07) is 8.67. The zero-order valence-corrected chi connectivity index (χ0v) is 20.5. The third kappa shape index (κ3) is 5.19. The molecule has 0 saturated carbocycles. The van der Waals surface area contributed by atoms with Crippen molar-refractivity contribution in [2.75, 3.05) is 11.9 Å². The molecule has 36 heavy (non-hydrogen) atoms. The maximum Gasteiger partial charge on any atom is 0.416 e. The van der Waals surface area contributed by atoms with Crippen LogP contribution in [0.3, 0.4) is 0 Å². The van der Waals surface area contributed by atoms with E-state index in [2.05, 4.69) is 10.3 Å². The number of benzene rings is 2. The molecule has 3 atom stereocenters. The first kappa shape index (κ1) is 26.0. The molecule has 0 unspecified atom stereocenters. The molecule has 3 N–H and O–H groups in total. The highest BCUT2D eigenvalue weighted by molar-refractivity contribution is 6.35. The highest BCUT2D eigenvalue weighted by Gasteiger charge is 2.42. The highest BCUT2D eigenvalue weighted by Crippen LogP contribution is 2.41. The quantitative estimate of drug-likeness (QED) is 0.594. The van der Waals surface area contributed by atoms with Crippen LogP contribution in [-0.4, -0.2) is 41.4 Å². The van der Waals surface area contributed by atoms with Crippen molar-refractivity contribution in [3.8, 4) is 0 Å². The number of carbonyl (C=O) groups excluding carboxylic acids is 2. The summed E-state index contributed by atoms with van der Waals surface area (Å²) in [7, 11) is 0. The number of rotatable bonds is 4. The van der Waals surface area contributed by atoms with Gasteiger partial charge in [-0.1, -0.05) is 23.7 Å². The van der Waals surface area contributed by atoms with Crippen LogP contribution < -0.4 is 11.1 Å². The average molecular weight is 523 g/mol. The summed E-state index contributed by atoms with van der Waals surface area (Å²) in [6.45, 7) is 4.22. The van der Waals surface area contributed by atoms with Gasteiger partial charge in [0.15, 0.2) is 5.96 Å². The number of hydrogen-bond donors (Lipinski definition) is 2. The molecule has 2 aliphatic heterocycles. The third-order valence-corrected chi connectivity index (χ3v) is 6.90. The number of carbonyl (C=O) groups is 2. The van der Waals surface area contributed by atoms with Gasteiger partial charge in [-0.05, 0) is 57.0 Å². The van der Waals surface area contributed by atoms with Crippen LogP contribution in [0.4, 0.5) is 18.9 Å². The first-order chi connectivity index (χ1) is 16.9. The Kier molecular flexibility index (Phi) is 7.03. The van der Waals surface area contributed by atoms with Gasteiger partial charge < -0.3 is 15.8 Å². The average Bonchev–Trinajstić information content (AvgIpc) is 2.79. The summed E-state index contributed by atoms with van der Waals surface area (Å²) in [5.41, 5.74) is 5.11. The second kappa shape index (κ2) is 9.74. The summed E-state index contributed by atoms with van der Waals surface area (Å²) in [6.07, 6.45) is -3.15. The number of aliphatic imine (C=N–C) groups is 1. The van der Waals surface area contributed by atoms with Crippen LogP contribution in [0.1, 0.15) is 54.6 Å². The van der Waals surface area contributed by atoms with E-state index in [0.717, 1.165) is 24.3 Å². The fraction of sp³-hybridized carbons (Fsp3) is 0.400. The number of nitrogens with one attached hydrogen (secondary N) is 1. The number of guanidine groups is 1. The molecule has 1 saturated heterocycles. The van der Waals surface area contributed by atoms with E-state index in [1.54, 1.807) is 25.1 Å². The Balaban J connectivity index is 1.57. The van der Waals surface area contributed by atoms with Gasteiger partial charge in [0.05, 0.1) is 34.3 Å². The molecule has 2 aromatic carbocycles. The van der Waals surface area contributed by atoms with Gasteiger partial charge in [-0.15, -0.1) is 0 Å². The van der Waals surface area contributed by atoms with Crippen LogP contribution in [0.25, 0.3) is 0 Å². The molecule has 2 heterocycles. The molecule has 0 radical (unpaired) electrons. The van der Waals surface area contributed by atoms with Crippen LogP contribution in [0.2, 0.25) is 5.02 Å². The molecular weight excluding hydrogens is 497 g/mol. The second-order valence-electron chi connectivity index (χ2n) is 9.24. The lowest BCUT2D eigenvalue weighted by atomic mass is 9.86. The Labute approximate surface area is 211 Å². The molecule has 2 aromatic rings. The summed E-state index contributed by atoms with van der Waals surface area (Å²) >= 11 is 6.63. The number of ether oxygens (including phenoxy) is 1. The predicted octanol–water partition coefficient (Wildman–Crippen LogP) is 4.94. The topological polar surface area (TPSA) is 97.0 Å². The minimum atomic E-state index is -4.50. The molecule has 11 heteroatoms. The van der Waals surface area contributed by atoms with Gasteiger partial charge in [-0.3, -0.25) is 14.5 Å². The maximum atomic E-state index is 13.2. The molecule has 4 rings (SSSR count). The van der Waals surface area contributed by atoms with Crippen molar-refractivity contribution in [2.45, 2.75) is 57.0 Å². The van der Waals surface area contributed by atoms with Gasteiger partial charge in [-0.25, -0.2) is 4.99 Å². The number of nitrogens with zero attached hydrogens (tertiary/aromatic N) is 2. The molecule has 0 bridgehead atoms. The number of amides is 2. The highest BCUT2D eigenvalue weighted by atomic mass is 35.5.